The first-order chi connectivity index (χ1) is 13.6. The fourth-order valence-corrected chi connectivity index (χ4v) is 4.42. The van der Waals surface area contributed by atoms with Crippen molar-refractivity contribution in [3.05, 3.63) is 17.0 Å². The number of nitrogens with one attached hydrogen (secondary N) is 1. The lowest BCUT2D eigenvalue weighted by atomic mass is 9.68. The second-order valence-corrected chi connectivity index (χ2v) is 9.77. The SMILES string of the molecule is CC(=O)N1CCC2(CCN(c3cnc(Br)cn3)CC2)C(NC(=O)OC(C)(C)C)C1. The summed E-state index contributed by atoms with van der Waals surface area (Å²) in [5.74, 6) is 0.902. The zero-order valence-corrected chi connectivity index (χ0v) is 19.2. The van der Waals surface area contributed by atoms with E-state index in [1.807, 2.05) is 25.7 Å². The third-order valence-electron chi connectivity index (χ3n) is 5.85. The molecule has 8 nitrogen and oxygen atoms in total. The quantitative estimate of drug-likeness (QED) is 0.718. The van der Waals surface area contributed by atoms with Crippen molar-refractivity contribution in [3.63, 3.8) is 0 Å². The number of ether oxygens (including phenoxy) is 1. The van der Waals surface area contributed by atoms with E-state index in [0.29, 0.717) is 11.1 Å². The van der Waals surface area contributed by atoms with E-state index in [4.69, 9.17) is 4.74 Å². The highest BCUT2D eigenvalue weighted by Crippen LogP contribution is 2.42. The van der Waals surface area contributed by atoms with Crippen molar-refractivity contribution in [2.75, 3.05) is 31.1 Å². The van der Waals surface area contributed by atoms with E-state index in [9.17, 15) is 9.59 Å². The Morgan fingerprint density at radius 2 is 1.83 bits per heavy atom. The van der Waals surface area contributed by atoms with Gasteiger partial charge in [-0.1, -0.05) is 0 Å². The van der Waals surface area contributed by atoms with E-state index in [1.54, 1.807) is 19.3 Å². The third kappa shape index (κ3) is 5.38. The molecule has 1 spiro atoms. The third-order valence-corrected chi connectivity index (χ3v) is 6.26. The van der Waals surface area contributed by atoms with Crippen molar-refractivity contribution in [1.29, 1.82) is 0 Å². The van der Waals surface area contributed by atoms with Gasteiger partial charge in [0.15, 0.2) is 0 Å². The molecule has 2 amide bonds. The number of aromatic nitrogens is 2. The predicted molar refractivity (Wildman–Crippen MR) is 114 cm³/mol. The van der Waals surface area contributed by atoms with Gasteiger partial charge < -0.3 is 19.9 Å². The molecule has 2 saturated heterocycles. The Hall–Kier alpha value is -1.90. The van der Waals surface area contributed by atoms with Crippen molar-refractivity contribution in [2.45, 2.75) is 58.6 Å². The van der Waals surface area contributed by atoms with Gasteiger partial charge in [0.25, 0.3) is 0 Å². The highest BCUT2D eigenvalue weighted by Gasteiger charge is 2.46. The van der Waals surface area contributed by atoms with Gasteiger partial charge in [-0.15, -0.1) is 0 Å². The number of hydrogen-bond donors (Lipinski definition) is 1. The van der Waals surface area contributed by atoms with Gasteiger partial charge in [0.2, 0.25) is 5.91 Å². The summed E-state index contributed by atoms with van der Waals surface area (Å²) in [6.07, 6.45) is 5.75. The Morgan fingerprint density at radius 3 is 2.38 bits per heavy atom. The van der Waals surface area contributed by atoms with E-state index >= 15 is 0 Å². The van der Waals surface area contributed by atoms with Gasteiger partial charge in [-0.05, 0) is 61.4 Å². The Balaban J connectivity index is 1.72. The number of nitrogens with zero attached hydrogens (tertiary/aromatic N) is 4. The summed E-state index contributed by atoms with van der Waals surface area (Å²) in [6.45, 7) is 10.0. The number of halogens is 1. The molecule has 1 aromatic heterocycles. The van der Waals surface area contributed by atoms with E-state index in [-0.39, 0.29) is 17.4 Å². The maximum Gasteiger partial charge on any atom is 0.407 e. The lowest BCUT2D eigenvalue weighted by molar-refractivity contribution is -0.132. The number of rotatable bonds is 2. The average molecular weight is 468 g/mol. The monoisotopic (exact) mass is 467 g/mol. The van der Waals surface area contributed by atoms with Crippen LogP contribution in [0.4, 0.5) is 10.6 Å². The molecular formula is C20H30BrN5O3. The number of likely N-dealkylation sites (tertiary alicyclic amines) is 1. The van der Waals surface area contributed by atoms with Crippen molar-refractivity contribution < 1.29 is 14.3 Å². The second-order valence-electron chi connectivity index (χ2n) is 8.96. The van der Waals surface area contributed by atoms with Crippen molar-refractivity contribution >= 4 is 33.7 Å². The van der Waals surface area contributed by atoms with E-state index in [1.165, 1.54) is 0 Å². The Kier molecular flexibility index (Phi) is 6.36. The first-order valence-electron chi connectivity index (χ1n) is 10.1. The van der Waals surface area contributed by atoms with Crippen LogP contribution in [0, 0.1) is 5.41 Å². The van der Waals surface area contributed by atoms with Crippen LogP contribution in [0.3, 0.4) is 0 Å². The zero-order chi connectivity index (χ0) is 21.2. The molecule has 2 fully saturated rings. The topological polar surface area (TPSA) is 87.7 Å². The molecule has 160 valence electrons. The molecule has 1 unspecified atom stereocenters. The zero-order valence-electron chi connectivity index (χ0n) is 17.6. The number of carbonyl (C=O) groups excluding carboxylic acids is 2. The van der Waals surface area contributed by atoms with Crippen LogP contribution < -0.4 is 10.2 Å². The first-order valence-corrected chi connectivity index (χ1v) is 10.8. The van der Waals surface area contributed by atoms with Crippen LogP contribution in [-0.2, 0) is 9.53 Å². The van der Waals surface area contributed by atoms with E-state index in [2.05, 4.69) is 36.1 Å². The lowest BCUT2D eigenvalue weighted by Crippen LogP contribution is -2.62. The molecule has 1 atom stereocenters. The molecule has 1 N–H and O–H groups in total. The molecule has 3 rings (SSSR count). The van der Waals surface area contributed by atoms with Gasteiger partial charge in [0.05, 0.1) is 18.4 Å². The number of piperidine rings is 2. The Morgan fingerprint density at radius 1 is 1.17 bits per heavy atom. The van der Waals surface area contributed by atoms with Crippen molar-refractivity contribution in [2.24, 2.45) is 5.41 Å². The van der Waals surface area contributed by atoms with Crippen LogP contribution in [0.15, 0.2) is 17.0 Å². The molecule has 1 aromatic rings. The van der Waals surface area contributed by atoms with Gasteiger partial charge in [0.1, 0.15) is 16.0 Å². The molecule has 0 radical (unpaired) electrons. The minimum atomic E-state index is -0.560. The van der Waals surface area contributed by atoms with E-state index < -0.39 is 11.7 Å². The summed E-state index contributed by atoms with van der Waals surface area (Å²) in [5.41, 5.74) is -0.613. The number of alkyl carbamates (subject to hydrolysis) is 1. The smallest absolute Gasteiger partial charge is 0.407 e. The van der Waals surface area contributed by atoms with Gasteiger partial charge in [-0.3, -0.25) is 4.79 Å². The molecule has 9 heteroatoms. The molecule has 3 heterocycles. The second kappa shape index (κ2) is 8.45. The highest BCUT2D eigenvalue weighted by molar-refractivity contribution is 9.10. The van der Waals surface area contributed by atoms with Gasteiger partial charge in [0, 0.05) is 33.1 Å². The van der Waals surface area contributed by atoms with Crippen LogP contribution in [-0.4, -0.2) is 64.7 Å². The van der Waals surface area contributed by atoms with Crippen LogP contribution in [0.2, 0.25) is 0 Å². The van der Waals surface area contributed by atoms with Gasteiger partial charge >= 0.3 is 6.09 Å². The highest BCUT2D eigenvalue weighted by atomic mass is 79.9. The minimum Gasteiger partial charge on any atom is -0.444 e. The van der Waals surface area contributed by atoms with Crippen LogP contribution in [0.25, 0.3) is 0 Å². The maximum absolute atomic E-state index is 12.5. The van der Waals surface area contributed by atoms with Gasteiger partial charge in [-0.2, -0.15) is 0 Å². The number of carbonyl (C=O) groups is 2. The molecule has 0 aromatic carbocycles. The molecule has 0 aliphatic carbocycles. The normalized spacial score (nSPS) is 21.8. The number of amides is 2. The van der Waals surface area contributed by atoms with Crippen molar-refractivity contribution in [3.8, 4) is 0 Å². The van der Waals surface area contributed by atoms with Crippen LogP contribution >= 0.6 is 15.9 Å². The van der Waals surface area contributed by atoms with Gasteiger partial charge in [-0.25, -0.2) is 14.8 Å². The average Bonchev–Trinajstić information content (AvgIpc) is 2.63. The van der Waals surface area contributed by atoms with Crippen molar-refractivity contribution in [1.82, 2.24) is 20.2 Å². The first kappa shape index (κ1) is 21.8. The Labute approximate surface area is 180 Å². The lowest BCUT2D eigenvalue weighted by Gasteiger charge is -2.51. The van der Waals surface area contributed by atoms with Crippen LogP contribution in [0.1, 0.15) is 47.0 Å². The molecular weight excluding hydrogens is 438 g/mol. The summed E-state index contributed by atoms with van der Waals surface area (Å²) in [5, 5.41) is 3.08. The standard InChI is InChI=1S/C20H30BrN5O3/c1-14(27)26-10-7-20(15(13-26)24-18(28)29-19(2,3)4)5-8-25(9-6-20)17-12-22-16(21)11-23-17/h11-12,15H,5-10,13H2,1-4H3,(H,24,28). The predicted octanol–water partition coefficient (Wildman–Crippen LogP) is 2.97. The summed E-state index contributed by atoms with van der Waals surface area (Å²) in [6, 6.07) is -0.131. The maximum atomic E-state index is 12.5. The van der Waals surface area contributed by atoms with Crippen LogP contribution in [0.5, 0.6) is 0 Å². The molecule has 0 bridgehead atoms. The number of hydrogen-bond acceptors (Lipinski definition) is 6. The summed E-state index contributed by atoms with van der Waals surface area (Å²) < 4.78 is 6.20. The Bertz CT molecular complexity index is 741. The summed E-state index contributed by atoms with van der Waals surface area (Å²) in [4.78, 5) is 37.2. The molecule has 2 aliphatic rings. The fourth-order valence-electron chi connectivity index (χ4n) is 4.22. The molecule has 29 heavy (non-hydrogen) atoms. The minimum absolute atomic E-state index is 0.0402. The summed E-state index contributed by atoms with van der Waals surface area (Å²) in [7, 11) is 0. The largest absolute Gasteiger partial charge is 0.444 e. The summed E-state index contributed by atoms with van der Waals surface area (Å²) >= 11 is 3.32. The fraction of sp³-hybridized carbons (Fsp3) is 0.700. The molecule has 0 saturated carbocycles. The number of anilines is 1. The molecule has 2 aliphatic heterocycles. The van der Waals surface area contributed by atoms with E-state index in [0.717, 1.165) is 44.7 Å².